The zero-order valence-corrected chi connectivity index (χ0v) is 12.3. The molecule has 3 nitrogen and oxygen atoms in total. The molecule has 0 aliphatic heterocycles. The van der Waals surface area contributed by atoms with Crippen molar-refractivity contribution in [3.05, 3.63) is 64.4 Å². The van der Waals surface area contributed by atoms with Crippen molar-refractivity contribution < 1.29 is 22.4 Å². The number of alkyl halides is 3. The predicted octanol–water partition coefficient (Wildman–Crippen LogP) is 4.82. The lowest BCUT2D eigenvalue weighted by Crippen LogP contribution is -2.28. The number of anilines is 1. The fourth-order valence-electron chi connectivity index (χ4n) is 1.78. The summed E-state index contributed by atoms with van der Waals surface area (Å²) in [5, 5.41) is 4.51. The molecule has 0 fully saturated rings. The standard InChI is InChI=1S/C15H11ClF4N2O/c16-11-6-5-10(15(18,19)20)7-13(11)22-14(23)21-8-9-3-1-2-4-12(9)17/h1-7H,8H2,(H2,21,22,23). The van der Waals surface area contributed by atoms with Gasteiger partial charge in [-0.1, -0.05) is 29.8 Å². The molecule has 0 radical (unpaired) electrons. The molecule has 8 heteroatoms. The molecule has 0 saturated heterocycles. The van der Waals surface area contributed by atoms with Crippen molar-refractivity contribution in [2.24, 2.45) is 0 Å². The van der Waals surface area contributed by atoms with Gasteiger partial charge >= 0.3 is 12.2 Å². The predicted molar refractivity (Wildman–Crippen MR) is 78.7 cm³/mol. The van der Waals surface area contributed by atoms with Gasteiger partial charge in [-0.3, -0.25) is 0 Å². The number of hydrogen-bond acceptors (Lipinski definition) is 1. The molecule has 0 heterocycles. The average Bonchev–Trinajstić information content (AvgIpc) is 2.47. The number of benzene rings is 2. The molecule has 0 aliphatic carbocycles. The van der Waals surface area contributed by atoms with Crippen LogP contribution in [0.15, 0.2) is 42.5 Å². The van der Waals surface area contributed by atoms with Gasteiger partial charge in [0.15, 0.2) is 0 Å². The lowest BCUT2D eigenvalue weighted by atomic mass is 10.2. The molecule has 2 amide bonds. The Morgan fingerprint density at radius 3 is 2.48 bits per heavy atom. The number of rotatable bonds is 3. The van der Waals surface area contributed by atoms with Crippen LogP contribution in [-0.2, 0) is 12.7 Å². The smallest absolute Gasteiger partial charge is 0.334 e. The summed E-state index contributed by atoms with van der Waals surface area (Å²) in [4.78, 5) is 11.7. The fourth-order valence-corrected chi connectivity index (χ4v) is 1.95. The largest absolute Gasteiger partial charge is 0.416 e. The summed E-state index contributed by atoms with van der Waals surface area (Å²) in [6, 6.07) is 7.59. The van der Waals surface area contributed by atoms with Crippen molar-refractivity contribution in [1.82, 2.24) is 5.32 Å². The van der Waals surface area contributed by atoms with Crippen LogP contribution in [0, 0.1) is 5.82 Å². The zero-order valence-electron chi connectivity index (χ0n) is 11.5. The van der Waals surface area contributed by atoms with Crippen molar-refractivity contribution in [3.8, 4) is 0 Å². The summed E-state index contributed by atoms with van der Waals surface area (Å²) in [5.41, 5.74) is -0.878. The second-order valence-electron chi connectivity index (χ2n) is 4.59. The molecule has 0 aromatic heterocycles. The van der Waals surface area contributed by atoms with Crippen LogP contribution in [0.25, 0.3) is 0 Å². The normalized spacial score (nSPS) is 11.2. The molecular weight excluding hydrogens is 336 g/mol. The molecule has 0 atom stereocenters. The molecule has 2 rings (SSSR count). The second kappa shape index (κ2) is 6.87. The third-order valence-corrected chi connectivity index (χ3v) is 3.27. The number of halogens is 5. The molecule has 0 saturated carbocycles. The highest BCUT2D eigenvalue weighted by Gasteiger charge is 2.31. The van der Waals surface area contributed by atoms with E-state index in [4.69, 9.17) is 11.6 Å². The minimum absolute atomic E-state index is 0.0426. The minimum Gasteiger partial charge on any atom is -0.334 e. The highest BCUT2D eigenvalue weighted by Crippen LogP contribution is 2.33. The van der Waals surface area contributed by atoms with E-state index in [1.165, 1.54) is 18.2 Å². The maximum absolute atomic E-state index is 13.4. The van der Waals surface area contributed by atoms with Crippen molar-refractivity contribution in [2.45, 2.75) is 12.7 Å². The molecular formula is C15H11ClF4N2O. The summed E-state index contributed by atoms with van der Waals surface area (Å²) in [6.45, 7) is -0.116. The van der Waals surface area contributed by atoms with Crippen LogP contribution in [0.5, 0.6) is 0 Å². The number of nitrogens with one attached hydrogen (secondary N) is 2. The quantitative estimate of drug-likeness (QED) is 0.769. The molecule has 0 spiro atoms. The van der Waals surface area contributed by atoms with Gasteiger partial charge < -0.3 is 10.6 Å². The van der Waals surface area contributed by atoms with Crippen LogP contribution >= 0.6 is 11.6 Å². The van der Waals surface area contributed by atoms with E-state index >= 15 is 0 Å². The third kappa shape index (κ3) is 4.59. The van der Waals surface area contributed by atoms with E-state index in [-0.39, 0.29) is 22.8 Å². The van der Waals surface area contributed by atoms with Crippen LogP contribution in [0.4, 0.5) is 28.0 Å². The molecule has 2 aromatic carbocycles. The van der Waals surface area contributed by atoms with E-state index < -0.39 is 23.6 Å². The Labute approximate surface area is 134 Å². The van der Waals surface area contributed by atoms with Gasteiger partial charge in [-0.2, -0.15) is 13.2 Å². The number of urea groups is 1. The number of amides is 2. The maximum Gasteiger partial charge on any atom is 0.416 e. The molecule has 0 bridgehead atoms. The lowest BCUT2D eigenvalue weighted by molar-refractivity contribution is -0.137. The van der Waals surface area contributed by atoms with Crippen LogP contribution in [-0.4, -0.2) is 6.03 Å². The van der Waals surface area contributed by atoms with Gasteiger partial charge in [-0.25, -0.2) is 9.18 Å². The van der Waals surface area contributed by atoms with E-state index in [1.54, 1.807) is 6.07 Å². The molecule has 122 valence electrons. The van der Waals surface area contributed by atoms with E-state index in [9.17, 15) is 22.4 Å². The first-order valence-corrected chi connectivity index (χ1v) is 6.80. The van der Waals surface area contributed by atoms with Gasteiger partial charge in [0.1, 0.15) is 5.82 Å². The summed E-state index contributed by atoms with van der Waals surface area (Å²) in [6.07, 6.45) is -4.55. The SMILES string of the molecule is O=C(NCc1ccccc1F)Nc1cc(C(F)(F)F)ccc1Cl. The molecule has 0 unspecified atom stereocenters. The third-order valence-electron chi connectivity index (χ3n) is 2.94. The number of carbonyl (C=O) groups excluding carboxylic acids is 1. The van der Waals surface area contributed by atoms with Gasteiger partial charge in [0, 0.05) is 12.1 Å². The lowest BCUT2D eigenvalue weighted by Gasteiger charge is -2.12. The van der Waals surface area contributed by atoms with E-state index in [2.05, 4.69) is 10.6 Å². The van der Waals surface area contributed by atoms with Gasteiger partial charge in [-0.05, 0) is 24.3 Å². The summed E-state index contributed by atoms with van der Waals surface area (Å²) >= 11 is 5.76. The second-order valence-corrected chi connectivity index (χ2v) is 5.00. The van der Waals surface area contributed by atoms with Crippen LogP contribution < -0.4 is 10.6 Å². The van der Waals surface area contributed by atoms with Crippen LogP contribution in [0.2, 0.25) is 5.02 Å². The summed E-state index contributed by atoms with van der Waals surface area (Å²) < 4.78 is 51.3. The minimum atomic E-state index is -4.55. The monoisotopic (exact) mass is 346 g/mol. The fraction of sp³-hybridized carbons (Fsp3) is 0.133. The van der Waals surface area contributed by atoms with Gasteiger partial charge in [0.2, 0.25) is 0 Å². The first kappa shape index (κ1) is 17.1. The topological polar surface area (TPSA) is 41.1 Å². The highest BCUT2D eigenvalue weighted by atomic mass is 35.5. The molecule has 2 aromatic rings. The van der Waals surface area contributed by atoms with Crippen molar-refractivity contribution >= 4 is 23.3 Å². The molecule has 23 heavy (non-hydrogen) atoms. The Balaban J connectivity index is 2.04. The Hall–Kier alpha value is -2.28. The Kier molecular flexibility index (Phi) is 5.10. The Bertz CT molecular complexity index is 719. The van der Waals surface area contributed by atoms with E-state index in [0.29, 0.717) is 0 Å². The van der Waals surface area contributed by atoms with Crippen LogP contribution in [0.3, 0.4) is 0 Å². The number of carbonyl (C=O) groups is 1. The molecule has 2 N–H and O–H groups in total. The van der Waals surface area contributed by atoms with Crippen molar-refractivity contribution in [3.63, 3.8) is 0 Å². The first-order valence-electron chi connectivity index (χ1n) is 6.42. The van der Waals surface area contributed by atoms with Crippen molar-refractivity contribution in [2.75, 3.05) is 5.32 Å². The average molecular weight is 347 g/mol. The maximum atomic E-state index is 13.4. The van der Waals surface area contributed by atoms with Crippen molar-refractivity contribution in [1.29, 1.82) is 0 Å². The van der Waals surface area contributed by atoms with Gasteiger partial charge in [-0.15, -0.1) is 0 Å². The summed E-state index contributed by atoms with van der Waals surface area (Å²) in [5.74, 6) is -0.495. The Morgan fingerprint density at radius 1 is 1.13 bits per heavy atom. The zero-order chi connectivity index (χ0) is 17.0. The van der Waals surface area contributed by atoms with Crippen LogP contribution in [0.1, 0.15) is 11.1 Å². The van der Waals surface area contributed by atoms with E-state index in [1.807, 2.05) is 0 Å². The first-order chi connectivity index (χ1) is 10.8. The van der Waals surface area contributed by atoms with E-state index in [0.717, 1.165) is 18.2 Å². The summed E-state index contributed by atoms with van der Waals surface area (Å²) in [7, 11) is 0. The van der Waals surface area contributed by atoms with Gasteiger partial charge in [0.25, 0.3) is 0 Å². The van der Waals surface area contributed by atoms with Gasteiger partial charge in [0.05, 0.1) is 16.3 Å². The Morgan fingerprint density at radius 2 is 1.83 bits per heavy atom. The molecule has 0 aliphatic rings. The number of hydrogen-bond donors (Lipinski definition) is 2. The highest BCUT2D eigenvalue weighted by molar-refractivity contribution is 6.33.